The van der Waals surface area contributed by atoms with E-state index in [1.165, 1.54) is 20.3 Å². The number of nitrogens with zero attached hydrogens (tertiary/aromatic N) is 1. The summed E-state index contributed by atoms with van der Waals surface area (Å²) in [6.07, 6.45) is 6.51. The summed E-state index contributed by atoms with van der Waals surface area (Å²) in [5.74, 6) is -1.31. The molecule has 0 aromatic heterocycles. The Kier molecular flexibility index (Phi) is 6.25. The highest BCUT2D eigenvalue weighted by atomic mass is 35.5. The molecule has 7 heteroatoms. The smallest absolute Gasteiger partial charge is 0.355 e. The molecule has 0 aliphatic carbocycles. The number of allylic oxidation sites excluding steroid dienone is 2. The summed E-state index contributed by atoms with van der Waals surface area (Å²) < 4.78 is 9.69. The molecule has 1 aromatic rings. The van der Waals surface area contributed by atoms with Crippen LogP contribution in [-0.2, 0) is 19.1 Å². The molecule has 1 N–H and O–H groups in total. The number of benzene rings is 1. The van der Waals surface area contributed by atoms with Gasteiger partial charge in [0.05, 0.1) is 31.2 Å². The second-order valence-corrected chi connectivity index (χ2v) is 5.44. The van der Waals surface area contributed by atoms with Gasteiger partial charge in [0.15, 0.2) is 0 Å². The molecule has 1 aliphatic rings. The molecule has 0 bridgehead atoms. The maximum Gasteiger partial charge on any atom is 0.355 e. The van der Waals surface area contributed by atoms with Gasteiger partial charge >= 0.3 is 11.9 Å². The number of halogens is 1. The number of ether oxygens (including phenoxy) is 2. The van der Waals surface area contributed by atoms with E-state index in [4.69, 9.17) is 21.1 Å². The normalized spacial score (nSPS) is 13.5. The highest BCUT2D eigenvalue weighted by molar-refractivity contribution is 6.31. The van der Waals surface area contributed by atoms with E-state index in [1.807, 2.05) is 6.92 Å². The number of hydrogen-bond donors (Lipinski definition) is 1. The number of rotatable bonds is 5. The van der Waals surface area contributed by atoms with Gasteiger partial charge in [-0.2, -0.15) is 0 Å². The second-order valence-electron chi connectivity index (χ2n) is 5.01. The Balaban J connectivity index is 2.71. The maximum atomic E-state index is 12.4. The van der Waals surface area contributed by atoms with Crippen LogP contribution in [0.2, 0.25) is 5.02 Å². The van der Waals surface area contributed by atoms with Gasteiger partial charge in [-0.15, -0.1) is 0 Å². The first-order valence-corrected chi connectivity index (χ1v) is 7.99. The fourth-order valence-electron chi connectivity index (χ4n) is 2.40. The molecule has 0 saturated heterocycles. The van der Waals surface area contributed by atoms with Crippen molar-refractivity contribution in [2.75, 3.05) is 31.0 Å². The van der Waals surface area contributed by atoms with Crippen LogP contribution in [0, 0.1) is 0 Å². The summed E-state index contributed by atoms with van der Waals surface area (Å²) in [5.41, 5.74) is 1.49. The fourth-order valence-corrected chi connectivity index (χ4v) is 2.56. The van der Waals surface area contributed by atoms with E-state index in [0.717, 1.165) is 5.69 Å². The Morgan fingerprint density at radius 2 is 1.88 bits per heavy atom. The molecule has 1 aromatic carbocycles. The Morgan fingerprint density at radius 3 is 2.52 bits per heavy atom. The van der Waals surface area contributed by atoms with Crippen LogP contribution in [0.4, 0.5) is 11.4 Å². The van der Waals surface area contributed by atoms with Crippen LogP contribution in [0.3, 0.4) is 0 Å². The third kappa shape index (κ3) is 4.03. The van der Waals surface area contributed by atoms with Crippen LogP contribution in [0.15, 0.2) is 53.9 Å². The molecule has 0 saturated carbocycles. The van der Waals surface area contributed by atoms with E-state index < -0.39 is 11.9 Å². The lowest BCUT2D eigenvalue weighted by molar-refractivity contribution is -0.139. The summed E-state index contributed by atoms with van der Waals surface area (Å²) in [4.78, 5) is 26.2. The van der Waals surface area contributed by atoms with Crippen molar-refractivity contribution in [2.24, 2.45) is 0 Å². The number of methoxy groups -OCH3 is 2. The summed E-state index contributed by atoms with van der Waals surface area (Å²) in [6, 6.07) is 5.25. The van der Waals surface area contributed by atoms with Gasteiger partial charge in [0.1, 0.15) is 5.70 Å². The fraction of sp³-hybridized carbons (Fsp3) is 0.222. The highest BCUT2D eigenvalue weighted by Gasteiger charge is 2.28. The standard InChI is InChI=1S/C18H19ClN2O4/c1-4-20-14-9-8-12(19)11-15(14)21-10-6-5-7-13(17(22)24-2)16(21)18(23)25-3/h5-11,20H,4H2,1-3H3. The lowest BCUT2D eigenvalue weighted by Gasteiger charge is -2.25. The van der Waals surface area contributed by atoms with Gasteiger partial charge in [-0.3, -0.25) is 0 Å². The molecule has 0 atom stereocenters. The monoisotopic (exact) mass is 362 g/mol. The van der Waals surface area contributed by atoms with Crippen molar-refractivity contribution in [2.45, 2.75) is 6.92 Å². The van der Waals surface area contributed by atoms with Crippen LogP contribution in [0.1, 0.15) is 6.92 Å². The molecule has 132 valence electrons. The molecule has 0 fully saturated rings. The second kappa shape index (κ2) is 8.39. The van der Waals surface area contributed by atoms with Crippen LogP contribution in [0.25, 0.3) is 0 Å². The van der Waals surface area contributed by atoms with Gasteiger partial charge in [-0.05, 0) is 37.3 Å². The van der Waals surface area contributed by atoms with Gasteiger partial charge in [0, 0.05) is 17.8 Å². The molecule has 0 spiro atoms. The highest BCUT2D eigenvalue weighted by Crippen LogP contribution is 2.34. The first-order valence-electron chi connectivity index (χ1n) is 7.61. The van der Waals surface area contributed by atoms with Crippen molar-refractivity contribution in [3.63, 3.8) is 0 Å². The molecule has 2 rings (SSSR count). The molecule has 25 heavy (non-hydrogen) atoms. The molecular weight excluding hydrogens is 344 g/mol. The molecule has 1 aliphatic heterocycles. The number of carbonyl (C=O) groups is 2. The lowest BCUT2D eigenvalue weighted by Crippen LogP contribution is -2.27. The Labute approximate surface area is 151 Å². The van der Waals surface area contributed by atoms with Crippen LogP contribution in [-0.4, -0.2) is 32.7 Å². The van der Waals surface area contributed by atoms with Gasteiger partial charge in [0.25, 0.3) is 0 Å². The molecule has 0 amide bonds. The van der Waals surface area contributed by atoms with E-state index in [2.05, 4.69) is 5.32 Å². The van der Waals surface area contributed by atoms with Crippen LogP contribution in [0.5, 0.6) is 0 Å². The molecule has 0 radical (unpaired) electrons. The van der Waals surface area contributed by atoms with Gasteiger partial charge in [-0.25, -0.2) is 9.59 Å². The van der Waals surface area contributed by atoms with Crippen molar-refractivity contribution >= 4 is 34.9 Å². The predicted octanol–water partition coefficient (Wildman–Crippen LogP) is 3.26. The van der Waals surface area contributed by atoms with E-state index in [9.17, 15) is 9.59 Å². The average molecular weight is 363 g/mol. The molecule has 1 heterocycles. The van der Waals surface area contributed by atoms with Crippen molar-refractivity contribution in [1.29, 1.82) is 0 Å². The Bertz CT molecular complexity index is 768. The Hall–Kier alpha value is -2.73. The first-order chi connectivity index (χ1) is 12.0. The van der Waals surface area contributed by atoms with E-state index in [0.29, 0.717) is 17.3 Å². The van der Waals surface area contributed by atoms with E-state index >= 15 is 0 Å². The molecule has 6 nitrogen and oxygen atoms in total. The zero-order chi connectivity index (χ0) is 18.4. The van der Waals surface area contributed by atoms with Crippen molar-refractivity contribution in [3.8, 4) is 0 Å². The summed E-state index contributed by atoms with van der Waals surface area (Å²) in [6.45, 7) is 2.63. The minimum absolute atomic E-state index is 0.0424. The zero-order valence-electron chi connectivity index (χ0n) is 14.2. The number of carbonyl (C=O) groups excluding carboxylic acids is 2. The summed E-state index contributed by atoms with van der Waals surface area (Å²) in [7, 11) is 2.51. The first kappa shape index (κ1) is 18.6. The minimum atomic E-state index is -0.668. The van der Waals surface area contributed by atoms with Crippen molar-refractivity contribution in [1.82, 2.24) is 0 Å². The average Bonchev–Trinajstić information content (AvgIpc) is 2.84. The number of hydrogen-bond acceptors (Lipinski definition) is 6. The van der Waals surface area contributed by atoms with Crippen LogP contribution >= 0.6 is 11.6 Å². The lowest BCUT2D eigenvalue weighted by atomic mass is 10.1. The third-order valence-electron chi connectivity index (χ3n) is 3.48. The Morgan fingerprint density at radius 1 is 1.16 bits per heavy atom. The van der Waals surface area contributed by atoms with E-state index in [-0.39, 0.29) is 11.3 Å². The van der Waals surface area contributed by atoms with E-state index in [1.54, 1.807) is 41.5 Å². The predicted molar refractivity (Wildman–Crippen MR) is 97.4 cm³/mol. The zero-order valence-corrected chi connectivity index (χ0v) is 15.0. The summed E-state index contributed by atoms with van der Waals surface area (Å²) in [5, 5.41) is 3.70. The largest absolute Gasteiger partial charge is 0.465 e. The summed E-state index contributed by atoms with van der Waals surface area (Å²) >= 11 is 6.15. The number of anilines is 2. The molecular formula is C18H19ClN2O4. The van der Waals surface area contributed by atoms with Gasteiger partial charge in [-0.1, -0.05) is 17.7 Å². The SMILES string of the molecule is CCNc1ccc(Cl)cc1N1C=CC=CC(C(=O)OC)=C1C(=O)OC. The third-order valence-corrected chi connectivity index (χ3v) is 3.71. The van der Waals surface area contributed by atoms with Crippen molar-refractivity contribution in [3.05, 3.63) is 58.9 Å². The molecule has 0 unspecified atom stereocenters. The number of esters is 2. The maximum absolute atomic E-state index is 12.4. The number of nitrogens with one attached hydrogen (secondary N) is 1. The van der Waals surface area contributed by atoms with Gasteiger partial charge < -0.3 is 19.7 Å². The quantitative estimate of drug-likeness (QED) is 0.811. The minimum Gasteiger partial charge on any atom is -0.465 e. The topological polar surface area (TPSA) is 67.9 Å². The van der Waals surface area contributed by atoms with Gasteiger partial charge in [0.2, 0.25) is 0 Å². The van der Waals surface area contributed by atoms with Crippen molar-refractivity contribution < 1.29 is 19.1 Å². The van der Waals surface area contributed by atoms with Crippen LogP contribution < -0.4 is 10.2 Å².